The van der Waals surface area contributed by atoms with E-state index >= 15 is 0 Å². The molecule has 1 heterocycles. The lowest BCUT2D eigenvalue weighted by Crippen LogP contribution is -2.40. The topological polar surface area (TPSA) is 55.0 Å². The zero-order valence-corrected chi connectivity index (χ0v) is 10.5. The first-order valence-corrected chi connectivity index (χ1v) is 6.55. The van der Waals surface area contributed by atoms with E-state index in [2.05, 4.69) is 21.8 Å². The molecule has 0 saturated heterocycles. The molecule has 2 N–H and O–H groups in total. The Hall–Kier alpha value is -1.00. The van der Waals surface area contributed by atoms with E-state index in [9.17, 15) is 0 Å². The molecule has 1 aliphatic rings. The van der Waals surface area contributed by atoms with Gasteiger partial charge in [-0.15, -0.1) is 0 Å². The maximum Gasteiger partial charge on any atom is 0.142 e. The highest BCUT2D eigenvalue weighted by atomic mass is 15.2. The second-order valence-electron chi connectivity index (χ2n) is 4.80. The van der Waals surface area contributed by atoms with E-state index < -0.39 is 0 Å². The summed E-state index contributed by atoms with van der Waals surface area (Å²) in [5.41, 5.74) is 5.95. The van der Waals surface area contributed by atoms with Gasteiger partial charge in [-0.1, -0.05) is 6.92 Å². The normalized spacial score (nSPS) is 25.1. The molecule has 0 aliphatic heterocycles. The summed E-state index contributed by atoms with van der Waals surface area (Å²) in [6.07, 6.45) is 8.34. The van der Waals surface area contributed by atoms with E-state index in [-0.39, 0.29) is 0 Å². The van der Waals surface area contributed by atoms with Crippen LogP contribution in [0.25, 0.3) is 0 Å². The summed E-state index contributed by atoms with van der Waals surface area (Å²) in [5.74, 6) is 0.921. The third-order valence-corrected chi connectivity index (χ3v) is 3.63. The van der Waals surface area contributed by atoms with Gasteiger partial charge in [0, 0.05) is 24.5 Å². The van der Waals surface area contributed by atoms with Crippen LogP contribution in [0.2, 0.25) is 0 Å². The van der Waals surface area contributed by atoms with Gasteiger partial charge in [0.1, 0.15) is 5.82 Å². The minimum absolute atomic E-state index is 0.415. The van der Waals surface area contributed by atoms with Crippen LogP contribution in [0.4, 0.5) is 0 Å². The molecular formula is C13H22N4. The van der Waals surface area contributed by atoms with Crippen molar-refractivity contribution in [3.63, 3.8) is 0 Å². The minimum Gasteiger partial charge on any atom is -0.328 e. The van der Waals surface area contributed by atoms with Gasteiger partial charge >= 0.3 is 0 Å². The predicted octanol–water partition coefficient (Wildman–Crippen LogP) is 1.57. The third-order valence-electron chi connectivity index (χ3n) is 3.63. The van der Waals surface area contributed by atoms with E-state index in [1.54, 1.807) is 0 Å². The molecule has 0 amide bonds. The van der Waals surface area contributed by atoms with Crippen LogP contribution in [-0.2, 0) is 6.54 Å². The Morgan fingerprint density at radius 1 is 1.24 bits per heavy atom. The van der Waals surface area contributed by atoms with Crippen molar-refractivity contribution in [2.45, 2.75) is 51.2 Å². The number of hydrogen-bond donors (Lipinski definition) is 1. The van der Waals surface area contributed by atoms with Crippen molar-refractivity contribution in [2.75, 3.05) is 6.54 Å². The van der Waals surface area contributed by atoms with E-state index in [1.807, 2.05) is 18.5 Å². The molecule has 94 valence electrons. The van der Waals surface area contributed by atoms with Crippen molar-refractivity contribution in [3.05, 3.63) is 24.3 Å². The Labute approximate surface area is 103 Å². The van der Waals surface area contributed by atoms with E-state index in [0.717, 1.165) is 31.8 Å². The Kier molecular flexibility index (Phi) is 4.45. The SMILES string of the molecule is CCN(Cc1ncccn1)C1CCC(N)CC1. The van der Waals surface area contributed by atoms with Crippen molar-refractivity contribution in [1.29, 1.82) is 0 Å². The second-order valence-corrected chi connectivity index (χ2v) is 4.80. The van der Waals surface area contributed by atoms with Crippen LogP contribution < -0.4 is 5.73 Å². The summed E-state index contributed by atoms with van der Waals surface area (Å²) >= 11 is 0. The number of rotatable bonds is 4. The Bertz CT molecular complexity index is 319. The molecule has 1 fully saturated rings. The molecule has 4 heteroatoms. The van der Waals surface area contributed by atoms with Crippen molar-refractivity contribution in [2.24, 2.45) is 5.73 Å². The molecule has 0 bridgehead atoms. The largest absolute Gasteiger partial charge is 0.328 e. The van der Waals surface area contributed by atoms with Gasteiger partial charge in [0.2, 0.25) is 0 Å². The maximum atomic E-state index is 5.95. The Morgan fingerprint density at radius 3 is 2.47 bits per heavy atom. The molecule has 0 unspecified atom stereocenters. The van der Waals surface area contributed by atoms with Crippen molar-refractivity contribution in [3.8, 4) is 0 Å². The highest BCUT2D eigenvalue weighted by molar-refractivity contribution is 4.90. The monoisotopic (exact) mass is 234 g/mol. The van der Waals surface area contributed by atoms with Gasteiger partial charge in [0.05, 0.1) is 6.54 Å². The van der Waals surface area contributed by atoms with Gasteiger partial charge in [-0.05, 0) is 38.3 Å². The molecule has 1 saturated carbocycles. The lowest BCUT2D eigenvalue weighted by atomic mass is 9.91. The van der Waals surface area contributed by atoms with Crippen LogP contribution in [0.3, 0.4) is 0 Å². The van der Waals surface area contributed by atoms with Crippen molar-refractivity contribution >= 4 is 0 Å². The zero-order valence-electron chi connectivity index (χ0n) is 10.5. The van der Waals surface area contributed by atoms with Crippen LogP contribution in [-0.4, -0.2) is 33.5 Å². The quantitative estimate of drug-likeness (QED) is 0.859. The van der Waals surface area contributed by atoms with Crippen LogP contribution in [0.1, 0.15) is 38.4 Å². The fourth-order valence-corrected chi connectivity index (χ4v) is 2.56. The van der Waals surface area contributed by atoms with Gasteiger partial charge < -0.3 is 5.73 Å². The van der Waals surface area contributed by atoms with Crippen LogP contribution in [0, 0.1) is 0 Å². The van der Waals surface area contributed by atoms with E-state index in [4.69, 9.17) is 5.73 Å². The average molecular weight is 234 g/mol. The van der Waals surface area contributed by atoms with Crippen LogP contribution in [0.5, 0.6) is 0 Å². The van der Waals surface area contributed by atoms with Crippen molar-refractivity contribution in [1.82, 2.24) is 14.9 Å². The van der Waals surface area contributed by atoms with Gasteiger partial charge in [0.15, 0.2) is 0 Å². The summed E-state index contributed by atoms with van der Waals surface area (Å²) in [4.78, 5) is 11.1. The minimum atomic E-state index is 0.415. The molecular weight excluding hydrogens is 212 g/mol. The fourth-order valence-electron chi connectivity index (χ4n) is 2.56. The Morgan fingerprint density at radius 2 is 1.88 bits per heavy atom. The number of hydrogen-bond acceptors (Lipinski definition) is 4. The molecule has 1 aromatic rings. The summed E-state index contributed by atoms with van der Waals surface area (Å²) in [6.45, 7) is 4.12. The molecule has 4 nitrogen and oxygen atoms in total. The molecule has 2 rings (SSSR count). The summed E-state index contributed by atoms with van der Waals surface area (Å²) in [6, 6.07) is 2.93. The fraction of sp³-hybridized carbons (Fsp3) is 0.692. The predicted molar refractivity (Wildman–Crippen MR) is 68.3 cm³/mol. The average Bonchev–Trinajstić information content (AvgIpc) is 2.38. The number of nitrogens with two attached hydrogens (primary N) is 1. The summed E-state index contributed by atoms with van der Waals surface area (Å²) < 4.78 is 0. The highest BCUT2D eigenvalue weighted by Crippen LogP contribution is 2.22. The highest BCUT2D eigenvalue weighted by Gasteiger charge is 2.23. The molecule has 0 spiro atoms. The first kappa shape index (κ1) is 12.5. The number of aromatic nitrogens is 2. The lowest BCUT2D eigenvalue weighted by Gasteiger charge is -2.34. The molecule has 0 radical (unpaired) electrons. The standard InChI is InChI=1S/C13H22N4/c1-2-17(10-13-15-8-3-9-16-13)12-6-4-11(14)5-7-12/h3,8-9,11-12H,2,4-7,10,14H2,1H3. The molecule has 0 atom stereocenters. The maximum absolute atomic E-state index is 5.95. The third kappa shape index (κ3) is 3.48. The van der Waals surface area contributed by atoms with Gasteiger partial charge in [-0.25, -0.2) is 9.97 Å². The van der Waals surface area contributed by atoms with Crippen LogP contribution >= 0.6 is 0 Å². The number of nitrogens with zero attached hydrogens (tertiary/aromatic N) is 3. The van der Waals surface area contributed by atoms with Gasteiger partial charge in [-0.3, -0.25) is 4.90 Å². The summed E-state index contributed by atoms with van der Waals surface area (Å²) in [7, 11) is 0. The van der Waals surface area contributed by atoms with Gasteiger partial charge in [-0.2, -0.15) is 0 Å². The summed E-state index contributed by atoms with van der Waals surface area (Å²) in [5, 5.41) is 0. The smallest absolute Gasteiger partial charge is 0.142 e. The lowest BCUT2D eigenvalue weighted by molar-refractivity contribution is 0.146. The molecule has 0 aromatic carbocycles. The molecule has 1 aromatic heterocycles. The van der Waals surface area contributed by atoms with E-state index in [1.165, 1.54) is 12.8 Å². The van der Waals surface area contributed by atoms with Gasteiger partial charge in [0.25, 0.3) is 0 Å². The molecule has 1 aliphatic carbocycles. The Balaban J connectivity index is 1.92. The van der Waals surface area contributed by atoms with E-state index in [0.29, 0.717) is 12.1 Å². The first-order chi connectivity index (χ1) is 8.29. The second kappa shape index (κ2) is 6.07. The molecule has 17 heavy (non-hydrogen) atoms. The first-order valence-electron chi connectivity index (χ1n) is 6.55. The van der Waals surface area contributed by atoms with Crippen LogP contribution in [0.15, 0.2) is 18.5 Å². The van der Waals surface area contributed by atoms with Crippen molar-refractivity contribution < 1.29 is 0 Å². The zero-order chi connectivity index (χ0) is 12.1.